The summed E-state index contributed by atoms with van der Waals surface area (Å²) in [5.74, 6) is -1.46. The predicted molar refractivity (Wildman–Crippen MR) is 111 cm³/mol. The molecule has 0 unspecified atom stereocenters. The van der Waals surface area contributed by atoms with E-state index in [1.165, 1.54) is 15.3 Å². The van der Waals surface area contributed by atoms with Crippen molar-refractivity contribution < 1.29 is 22.4 Å². The Balaban J connectivity index is 1.55. The number of hydrogen-bond donors (Lipinski definition) is 1. The summed E-state index contributed by atoms with van der Waals surface area (Å²) in [4.78, 5) is 25.8. The van der Waals surface area contributed by atoms with Crippen molar-refractivity contribution in [1.82, 2.24) is 14.5 Å². The van der Waals surface area contributed by atoms with Gasteiger partial charge in [0, 0.05) is 36.8 Å². The predicted octanol–water partition coefficient (Wildman–Crippen LogP) is 2.40. The topological polar surface area (TPSA) is 86.8 Å². The summed E-state index contributed by atoms with van der Waals surface area (Å²) in [7, 11) is -3.85. The van der Waals surface area contributed by atoms with Crippen LogP contribution in [0.2, 0.25) is 10.0 Å². The minimum absolute atomic E-state index is 0.0747. The third kappa shape index (κ3) is 5.10. The van der Waals surface area contributed by atoms with E-state index in [1.807, 2.05) is 0 Å². The molecule has 0 spiro atoms. The van der Waals surface area contributed by atoms with Gasteiger partial charge in [0.05, 0.1) is 16.5 Å². The van der Waals surface area contributed by atoms with Gasteiger partial charge in [-0.3, -0.25) is 9.59 Å². The summed E-state index contributed by atoms with van der Waals surface area (Å²) in [6.45, 7) is 0.266. The third-order valence-electron chi connectivity index (χ3n) is 4.61. The zero-order valence-corrected chi connectivity index (χ0v) is 18.0. The maximum Gasteiger partial charge on any atom is 0.251 e. The number of piperazine rings is 1. The molecule has 1 fully saturated rings. The molecular formula is C19H18Cl2FN3O4S. The second kappa shape index (κ2) is 9.30. The number of halogens is 3. The van der Waals surface area contributed by atoms with Crippen molar-refractivity contribution in [2.24, 2.45) is 0 Å². The standard InChI is InChI=1S/C19H18Cl2FN3O4S/c20-14-3-1-2-13(10-14)19(27)23-12-18(26)24-6-8-25(9-7-24)30(28,29)15-4-5-17(22)16(21)11-15/h1-5,10-11H,6-9,12H2,(H,23,27). The molecule has 11 heteroatoms. The van der Waals surface area contributed by atoms with Crippen molar-refractivity contribution in [3.63, 3.8) is 0 Å². The van der Waals surface area contributed by atoms with Gasteiger partial charge in [-0.1, -0.05) is 29.3 Å². The number of nitrogens with zero attached hydrogens (tertiary/aromatic N) is 2. The minimum Gasteiger partial charge on any atom is -0.343 e. The lowest BCUT2D eigenvalue weighted by molar-refractivity contribution is -0.131. The number of sulfonamides is 1. The second-order valence-corrected chi connectivity index (χ2v) is 9.34. The largest absolute Gasteiger partial charge is 0.343 e. The molecule has 3 rings (SSSR count). The smallest absolute Gasteiger partial charge is 0.251 e. The van der Waals surface area contributed by atoms with Gasteiger partial charge in [0.15, 0.2) is 0 Å². The first-order valence-corrected chi connectivity index (χ1v) is 11.1. The van der Waals surface area contributed by atoms with E-state index in [0.717, 1.165) is 18.2 Å². The van der Waals surface area contributed by atoms with E-state index in [1.54, 1.807) is 18.2 Å². The van der Waals surface area contributed by atoms with Gasteiger partial charge in [-0.05, 0) is 36.4 Å². The van der Waals surface area contributed by atoms with Gasteiger partial charge >= 0.3 is 0 Å². The Morgan fingerprint density at radius 3 is 2.37 bits per heavy atom. The van der Waals surface area contributed by atoms with Crippen molar-refractivity contribution >= 4 is 45.0 Å². The minimum atomic E-state index is -3.85. The lowest BCUT2D eigenvalue weighted by atomic mass is 10.2. The van der Waals surface area contributed by atoms with E-state index < -0.39 is 21.7 Å². The van der Waals surface area contributed by atoms with Crippen LogP contribution in [-0.4, -0.2) is 62.2 Å². The molecule has 160 valence electrons. The van der Waals surface area contributed by atoms with Crippen molar-refractivity contribution in [2.45, 2.75) is 4.90 Å². The van der Waals surface area contributed by atoms with Crippen LogP contribution in [0.15, 0.2) is 47.4 Å². The van der Waals surface area contributed by atoms with Gasteiger partial charge < -0.3 is 10.2 Å². The molecule has 0 bridgehead atoms. The lowest BCUT2D eigenvalue weighted by Gasteiger charge is -2.34. The first kappa shape index (κ1) is 22.5. The molecule has 0 radical (unpaired) electrons. The number of amides is 2. The molecule has 0 atom stereocenters. The van der Waals surface area contributed by atoms with E-state index >= 15 is 0 Å². The van der Waals surface area contributed by atoms with Crippen LogP contribution >= 0.6 is 23.2 Å². The summed E-state index contributed by atoms with van der Waals surface area (Å²) in [5.41, 5.74) is 0.337. The molecule has 0 aliphatic carbocycles. The van der Waals surface area contributed by atoms with Crippen molar-refractivity contribution in [3.8, 4) is 0 Å². The van der Waals surface area contributed by atoms with E-state index in [4.69, 9.17) is 23.2 Å². The first-order chi connectivity index (χ1) is 14.2. The van der Waals surface area contributed by atoms with Crippen LogP contribution in [0.5, 0.6) is 0 Å². The molecule has 1 heterocycles. The molecule has 7 nitrogen and oxygen atoms in total. The van der Waals surface area contributed by atoms with E-state index in [9.17, 15) is 22.4 Å². The van der Waals surface area contributed by atoms with Crippen LogP contribution in [0.3, 0.4) is 0 Å². The quantitative estimate of drug-likeness (QED) is 0.721. The molecule has 1 saturated heterocycles. The summed E-state index contributed by atoms with van der Waals surface area (Å²) >= 11 is 11.5. The fourth-order valence-electron chi connectivity index (χ4n) is 2.96. The Kier molecular flexibility index (Phi) is 6.97. The lowest BCUT2D eigenvalue weighted by Crippen LogP contribution is -2.52. The molecule has 1 N–H and O–H groups in total. The molecule has 0 saturated carbocycles. The number of hydrogen-bond acceptors (Lipinski definition) is 4. The number of carbonyl (C=O) groups excluding carboxylic acids is 2. The summed E-state index contributed by atoms with van der Waals surface area (Å²) in [6, 6.07) is 9.56. The molecule has 2 amide bonds. The highest BCUT2D eigenvalue weighted by molar-refractivity contribution is 7.89. The fourth-order valence-corrected chi connectivity index (χ4v) is 4.85. The van der Waals surface area contributed by atoms with E-state index in [2.05, 4.69) is 5.32 Å². The molecule has 2 aromatic carbocycles. The highest BCUT2D eigenvalue weighted by Crippen LogP contribution is 2.23. The average molecular weight is 474 g/mol. The van der Waals surface area contributed by atoms with Gasteiger partial charge in [0.1, 0.15) is 5.82 Å². The third-order valence-corrected chi connectivity index (χ3v) is 7.03. The normalized spacial score (nSPS) is 15.1. The maximum atomic E-state index is 13.3. The first-order valence-electron chi connectivity index (χ1n) is 8.95. The molecule has 0 aromatic heterocycles. The second-order valence-electron chi connectivity index (χ2n) is 6.55. The zero-order valence-electron chi connectivity index (χ0n) is 15.6. The summed E-state index contributed by atoms with van der Waals surface area (Å²) < 4.78 is 39.9. The van der Waals surface area contributed by atoms with Crippen LogP contribution in [0.25, 0.3) is 0 Å². The monoisotopic (exact) mass is 473 g/mol. The Labute approximate surface area is 183 Å². The van der Waals surface area contributed by atoms with Crippen LogP contribution in [0, 0.1) is 5.82 Å². The van der Waals surface area contributed by atoms with Crippen molar-refractivity contribution in [3.05, 3.63) is 63.9 Å². The van der Waals surface area contributed by atoms with Crippen molar-refractivity contribution in [2.75, 3.05) is 32.7 Å². The molecule has 1 aliphatic heterocycles. The molecular weight excluding hydrogens is 456 g/mol. The maximum absolute atomic E-state index is 13.3. The number of carbonyl (C=O) groups is 2. The zero-order chi connectivity index (χ0) is 21.9. The number of nitrogens with one attached hydrogen (secondary N) is 1. The fraction of sp³-hybridized carbons (Fsp3) is 0.263. The van der Waals surface area contributed by atoms with E-state index in [-0.39, 0.29) is 48.5 Å². The Bertz CT molecular complexity index is 1070. The van der Waals surface area contributed by atoms with Crippen LogP contribution in [0.4, 0.5) is 4.39 Å². The van der Waals surface area contributed by atoms with E-state index in [0.29, 0.717) is 10.6 Å². The van der Waals surface area contributed by atoms with Crippen molar-refractivity contribution in [1.29, 1.82) is 0 Å². The molecule has 2 aromatic rings. The highest BCUT2D eigenvalue weighted by Gasteiger charge is 2.30. The molecule has 1 aliphatic rings. The van der Waals surface area contributed by atoms with Crippen LogP contribution < -0.4 is 5.32 Å². The van der Waals surface area contributed by atoms with Gasteiger partial charge in [-0.15, -0.1) is 0 Å². The number of rotatable bonds is 5. The average Bonchev–Trinajstić information content (AvgIpc) is 2.73. The van der Waals surface area contributed by atoms with Gasteiger partial charge in [-0.25, -0.2) is 12.8 Å². The number of benzene rings is 2. The van der Waals surface area contributed by atoms with Crippen LogP contribution in [-0.2, 0) is 14.8 Å². The Morgan fingerprint density at radius 2 is 1.73 bits per heavy atom. The van der Waals surface area contributed by atoms with Gasteiger partial charge in [0.25, 0.3) is 5.91 Å². The highest BCUT2D eigenvalue weighted by atomic mass is 35.5. The summed E-state index contributed by atoms with van der Waals surface area (Å²) in [5, 5.41) is 2.66. The van der Waals surface area contributed by atoms with Gasteiger partial charge in [-0.2, -0.15) is 4.31 Å². The van der Waals surface area contributed by atoms with Gasteiger partial charge in [0.2, 0.25) is 15.9 Å². The SMILES string of the molecule is O=C(NCC(=O)N1CCN(S(=O)(=O)c2ccc(F)c(Cl)c2)CC1)c1cccc(Cl)c1. The Hall–Kier alpha value is -2.20. The van der Waals surface area contributed by atoms with Crippen LogP contribution in [0.1, 0.15) is 10.4 Å². The Morgan fingerprint density at radius 1 is 1.03 bits per heavy atom. The summed E-state index contributed by atoms with van der Waals surface area (Å²) in [6.07, 6.45) is 0. The molecule has 30 heavy (non-hydrogen) atoms.